The summed E-state index contributed by atoms with van der Waals surface area (Å²) in [5, 5.41) is 0.613. The van der Waals surface area contributed by atoms with Crippen molar-refractivity contribution in [2.24, 2.45) is 0 Å². The Morgan fingerprint density at radius 2 is 1.66 bits per heavy atom. The number of amides is 2. The highest BCUT2D eigenvalue weighted by Gasteiger charge is 2.40. The highest BCUT2D eigenvalue weighted by molar-refractivity contribution is 7.89. The monoisotopic (exact) mass is 434 g/mol. The van der Waals surface area contributed by atoms with E-state index in [-0.39, 0.29) is 36.5 Å². The lowest BCUT2D eigenvalue weighted by Crippen LogP contribution is -2.48. The Morgan fingerprint density at radius 3 is 2.24 bits per heavy atom. The molecule has 0 unspecified atom stereocenters. The molecule has 0 aromatic heterocycles. The van der Waals surface area contributed by atoms with Gasteiger partial charge in [0.05, 0.1) is 4.90 Å². The van der Waals surface area contributed by atoms with E-state index in [1.54, 1.807) is 30.3 Å². The minimum absolute atomic E-state index is 0.207. The van der Waals surface area contributed by atoms with Crippen molar-refractivity contribution in [1.82, 2.24) is 9.21 Å². The smallest absolute Gasteiger partial charge is 0.417 e. The van der Waals surface area contributed by atoms with Gasteiger partial charge in [0.1, 0.15) is 0 Å². The van der Waals surface area contributed by atoms with Crippen LogP contribution in [0.2, 0.25) is 5.02 Å². The van der Waals surface area contributed by atoms with E-state index in [0.717, 1.165) is 16.0 Å². The Labute approximate surface area is 173 Å². The van der Waals surface area contributed by atoms with Crippen LogP contribution in [0, 0.1) is 0 Å². The molecule has 4 rings (SSSR count). The van der Waals surface area contributed by atoms with Crippen LogP contribution >= 0.6 is 11.6 Å². The standard InChI is InChI=1S/C20H19ClN2O5S/c21-16-3-1-2-15(12-16)14-4-6-18(7-5-14)29(26,27)22-10-8-17(9-11-22)23-19(24)13-28-20(23)25/h1-7,12,17H,8-11,13H2. The van der Waals surface area contributed by atoms with E-state index in [2.05, 4.69) is 0 Å². The van der Waals surface area contributed by atoms with Crippen molar-refractivity contribution in [3.8, 4) is 11.1 Å². The van der Waals surface area contributed by atoms with Gasteiger partial charge < -0.3 is 4.74 Å². The van der Waals surface area contributed by atoms with Gasteiger partial charge in [-0.3, -0.25) is 4.79 Å². The fraction of sp³-hybridized carbons (Fsp3) is 0.300. The largest absolute Gasteiger partial charge is 0.439 e. The van der Waals surface area contributed by atoms with Gasteiger partial charge in [-0.25, -0.2) is 18.1 Å². The first-order chi connectivity index (χ1) is 13.9. The van der Waals surface area contributed by atoms with Crippen molar-refractivity contribution in [3.63, 3.8) is 0 Å². The summed E-state index contributed by atoms with van der Waals surface area (Å²) in [6.07, 6.45) is 0.134. The molecule has 0 N–H and O–H groups in total. The third-order valence-electron chi connectivity index (χ3n) is 5.22. The number of benzene rings is 2. The fourth-order valence-electron chi connectivity index (χ4n) is 3.69. The number of ether oxygens (including phenoxy) is 1. The normalized spacial score (nSPS) is 18.9. The number of carbonyl (C=O) groups excluding carboxylic acids is 2. The van der Waals surface area contributed by atoms with E-state index in [0.29, 0.717) is 17.9 Å². The van der Waals surface area contributed by atoms with Crippen molar-refractivity contribution >= 4 is 33.6 Å². The van der Waals surface area contributed by atoms with Gasteiger partial charge in [-0.2, -0.15) is 4.31 Å². The second-order valence-electron chi connectivity index (χ2n) is 6.99. The molecule has 0 bridgehead atoms. The van der Waals surface area contributed by atoms with Gasteiger partial charge in [0.2, 0.25) is 10.0 Å². The molecular formula is C20H19ClN2O5S. The molecule has 0 atom stereocenters. The highest BCUT2D eigenvalue weighted by Crippen LogP contribution is 2.28. The number of hydrogen-bond acceptors (Lipinski definition) is 5. The Kier molecular flexibility index (Phi) is 5.33. The molecule has 2 fully saturated rings. The third-order valence-corrected chi connectivity index (χ3v) is 7.37. The predicted molar refractivity (Wildman–Crippen MR) is 107 cm³/mol. The minimum Gasteiger partial charge on any atom is -0.439 e. The van der Waals surface area contributed by atoms with Gasteiger partial charge >= 0.3 is 6.09 Å². The van der Waals surface area contributed by atoms with E-state index >= 15 is 0 Å². The Balaban J connectivity index is 1.46. The molecule has 2 heterocycles. The van der Waals surface area contributed by atoms with Crippen LogP contribution in [0.4, 0.5) is 4.79 Å². The first kappa shape index (κ1) is 19.9. The van der Waals surface area contributed by atoms with Gasteiger partial charge in [0, 0.05) is 24.2 Å². The predicted octanol–water partition coefficient (Wildman–Crippen LogP) is 3.14. The van der Waals surface area contributed by atoms with Crippen LogP contribution < -0.4 is 0 Å². The number of carbonyl (C=O) groups is 2. The Bertz CT molecular complexity index is 1030. The summed E-state index contributed by atoms with van der Waals surface area (Å²) in [7, 11) is -3.66. The summed E-state index contributed by atoms with van der Waals surface area (Å²) in [5.74, 6) is -0.368. The Hall–Kier alpha value is -2.42. The van der Waals surface area contributed by atoms with Crippen LogP contribution in [0.5, 0.6) is 0 Å². The molecular weight excluding hydrogens is 416 g/mol. The summed E-state index contributed by atoms with van der Waals surface area (Å²) >= 11 is 6.02. The molecule has 2 saturated heterocycles. The second-order valence-corrected chi connectivity index (χ2v) is 9.36. The zero-order chi connectivity index (χ0) is 20.6. The van der Waals surface area contributed by atoms with Crippen LogP contribution in [0.15, 0.2) is 53.4 Å². The van der Waals surface area contributed by atoms with Crippen molar-refractivity contribution in [1.29, 1.82) is 0 Å². The first-order valence-corrected chi connectivity index (χ1v) is 11.0. The van der Waals surface area contributed by atoms with Crippen LogP contribution in [-0.4, -0.2) is 55.4 Å². The SMILES string of the molecule is O=C1COC(=O)N1C1CCN(S(=O)(=O)c2ccc(-c3cccc(Cl)c3)cc2)CC1. The average molecular weight is 435 g/mol. The van der Waals surface area contributed by atoms with Gasteiger partial charge in [-0.05, 0) is 48.2 Å². The van der Waals surface area contributed by atoms with E-state index in [4.69, 9.17) is 16.3 Å². The zero-order valence-corrected chi connectivity index (χ0v) is 17.0. The molecule has 2 aromatic carbocycles. The fourth-order valence-corrected chi connectivity index (χ4v) is 5.35. The van der Waals surface area contributed by atoms with Crippen LogP contribution in [0.25, 0.3) is 11.1 Å². The highest BCUT2D eigenvalue weighted by atomic mass is 35.5. The van der Waals surface area contributed by atoms with Crippen molar-refractivity contribution < 1.29 is 22.7 Å². The van der Waals surface area contributed by atoms with Crippen molar-refractivity contribution in [2.75, 3.05) is 19.7 Å². The quantitative estimate of drug-likeness (QED) is 0.738. The molecule has 2 aliphatic rings. The topological polar surface area (TPSA) is 84.0 Å². The van der Waals surface area contributed by atoms with E-state index in [1.807, 2.05) is 18.2 Å². The Morgan fingerprint density at radius 1 is 0.966 bits per heavy atom. The maximum Gasteiger partial charge on any atom is 0.417 e. The molecule has 0 aliphatic carbocycles. The van der Waals surface area contributed by atoms with E-state index in [1.165, 1.54) is 4.31 Å². The molecule has 0 saturated carbocycles. The molecule has 0 radical (unpaired) electrons. The lowest BCUT2D eigenvalue weighted by Gasteiger charge is -2.34. The summed E-state index contributed by atoms with van der Waals surface area (Å²) in [6, 6.07) is 13.7. The zero-order valence-electron chi connectivity index (χ0n) is 15.5. The van der Waals surface area contributed by atoms with Crippen LogP contribution in [0.3, 0.4) is 0 Å². The maximum absolute atomic E-state index is 13.0. The molecule has 29 heavy (non-hydrogen) atoms. The van der Waals surface area contributed by atoms with Crippen LogP contribution in [-0.2, 0) is 19.6 Å². The number of sulfonamides is 1. The van der Waals surface area contributed by atoms with E-state index in [9.17, 15) is 18.0 Å². The molecule has 9 heteroatoms. The lowest BCUT2D eigenvalue weighted by molar-refractivity contribution is -0.127. The lowest BCUT2D eigenvalue weighted by atomic mass is 10.1. The van der Waals surface area contributed by atoms with Gasteiger partial charge in [-0.15, -0.1) is 0 Å². The number of halogens is 1. The first-order valence-electron chi connectivity index (χ1n) is 9.21. The average Bonchev–Trinajstić information content (AvgIpc) is 3.06. The molecule has 2 aliphatic heterocycles. The van der Waals surface area contributed by atoms with Crippen molar-refractivity contribution in [2.45, 2.75) is 23.8 Å². The molecule has 0 spiro atoms. The number of piperidine rings is 1. The summed E-state index contributed by atoms with van der Waals surface area (Å²) in [5.41, 5.74) is 1.78. The van der Waals surface area contributed by atoms with Gasteiger partial charge in [0.15, 0.2) is 6.61 Å². The molecule has 152 valence electrons. The van der Waals surface area contributed by atoms with E-state index < -0.39 is 16.1 Å². The summed E-state index contributed by atoms with van der Waals surface area (Å²) in [4.78, 5) is 24.8. The summed E-state index contributed by atoms with van der Waals surface area (Å²) in [6.45, 7) is 0.233. The summed E-state index contributed by atoms with van der Waals surface area (Å²) < 4.78 is 32.1. The molecule has 2 amide bonds. The number of hydrogen-bond donors (Lipinski definition) is 0. The second kappa shape index (κ2) is 7.78. The van der Waals surface area contributed by atoms with Crippen LogP contribution in [0.1, 0.15) is 12.8 Å². The van der Waals surface area contributed by atoms with Gasteiger partial charge in [-0.1, -0.05) is 35.9 Å². The third kappa shape index (κ3) is 3.88. The number of imide groups is 1. The number of cyclic esters (lactones) is 1. The maximum atomic E-state index is 13.0. The minimum atomic E-state index is -3.66. The molecule has 2 aromatic rings. The number of rotatable bonds is 4. The van der Waals surface area contributed by atoms with Gasteiger partial charge in [0.25, 0.3) is 5.91 Å². The van der Waals surface area contributed by atoms with Crippen molar-refractivity contribution in [3.05, 3.63) is 53.6 Å². The number of nitrogens with zero attached hydrogens (tertiary/aromatic N) is 2. The molecule has 7 nitrogen and oxygen atoms in total.